The Morgan fingerprint density at radius 1 is 1.36 bits per heavy atom. The Bertz CT molecular complexity index is 763. The van der Waals surface area contributed by atoms with Crippen molar-refractivity contribution < 1.29 is 9.53 Å². The number of rotatable bonds is 5. The van der Waals surface area contributed by atoms with Gasteiger partial charge < -0.3 is 15.0 Å². The third kappa shape index (κ3) is 3.90. The number of ether oxygens (including phenoxy) is 1. The maximum Gasteiger partial charge on any atom is 0.227 e. The first-order valence-corrected chi connectivity index (χ1v) is 8.56. The molecule has 1 aromatic heterocycles. The number of amides is 1. The first-order chi connectivity index (χ1) is 12.1. The molecule has 25 heavy (non-hydrogen) atoms. The summed E-state index contributed by atoms with van der Waals surface area (Å²) in [5, 5.41) is 3.06. The number of nitrogens with zero attached hydrogens (tertiary/aromatic N) is 3. The fourth-order valence-electron chi connectivity index (χ4n) is 3.32. The van der Waals surface area contributed by atoms with E-state index in [1.54, 1.807) is 7.11 Å². The zero-order valence-electron chi connectivity index (χ0n) is 15.0. The van der Waals surface area contributed by atoms with E-state index in [4.69, 9.17) is 4.74 Å². The second-order valence-electron chi connectivity index (χ2n) is 6.25. The highest BCUT2D eigenvalue weighted by molar-refractivity contribution is 5.79. The lowest BCUT2D eigenvalue weighted by molar-refractivity contribution is -0.131. The number of anilines is 1. The molecule has 1 aliphatic rings. The van der Waals surface area contributed by atoms with Gasteiger partial charge in [0.05, 0.1) is 25.3 Å². The number of likely N-dealkylation sites (tertiary alicyclic amines) is 1. The van der Waals surface area contributed by atoms with E-state index in [-0.39, 0.29) is 11.9 Å². The third-order valence-corrected chi connectivity index (χ3v) is 4.52. The summed E-state index contributed by atoms with van der Waals surface area (Å²) < 4.78 is 5.24. The number of benzene rings is 1. The number of carbonyl (C=O) groups excluding carboxylic acids is 1. The number of hydrogen-bond acceptors (Lipinski definition) is 5. The van der Waals surface area contributed by atoms with Crippen molar-refractivity contribution in [3.63, 3.8) is 0 Å². The van der Waals surface area contributed by atoms with E-state index in [1.165, 1.54) is 0 Å². The van der Waals surface area contributed by atoms with Crippen molar-refractivity contribution in [2.75, 3.05) is 26.0 Å². The van der Waals surface area contributed by atoms with Crippen molar-refractivity contribution in [3.8, 4) is 5.75 Å². The third-order valence-electron chi connectivity index (χ3n) is 4.52. The first kappa shape index (κ1) is 17.2. The molecular formula is C19H24N4O2. The quantitative estimate of drug-likeness (QED) is 0.906. The van der Waals surface area contributed by atoms with Gasteiger partial charge in [-0.1, -0.05) is 12.1 Å². The van der Waals surface area contributed by atoms with Crippen LogP contribution in [-0.2, 0) is 11.2 Å². The smallest absolute Gasteiger partial charge is 0.227 e. The molecular weight excluding hydrogens is 316 g/mol. The van der Waals surface area contributed by atoms with Gasteiger partial charge in [0.1, 0.15) is 17.4 Å². The van der Waals surface area contributed by atoms with Gasteiger partial charge in [-0.25, -0.2) is 9.97 Å². The predicted octanol–water partition coefficient (Wildman–Crippen LogP) is 2.74. The minimum atomic E-state index is 0.0203. The van der Waals surface area contributed by atoms with Gasteiger partial charge in [-0.3, -0.25) is 4.79 Å². The molecule has 0 unspecified atom stereocenters. The van der Waals surface area contributed by atoms with Crippen molar-refractivity contribution in [1.29, 1.82) is 0 Å². The zero-order chi connectivity index (χ0) is 17.8. The summed E-state index contributed by atoms with van der Waals surface area (Å²) >= 11 is 0. The van der Waals surface area contributed by atoms with Gasteiger partial charge in [-0.2, -0.15) is 0 Å². The summed E-state index contributed by atoms with van der Waals surface area (Å²) in [4.78, 5) is 23.7. The maximum absolute atomic E-state index is 12.9. The van der Waals surface area contributed by atoms with Crippen molar-refractivity contribution in [3.05, 3.63) is 47.4 Å². The van der Waals surface area contributed by atoms with E-state index in [0.29, 0.717) is 12.2 Å². The molecule has 1 N–H and O–H groups in total. The zero-order valence-corrected chi connectivity index (χ0v) is 15.0. The van der Waals surface area contributed by atoms with Crippen LogP contribution in [0, 0.1) is 6.92 Å². The molecule has 1 atom stereocenters. The van der Waals surface area contributed by atoms with Crippen LogP contribution < -0.4 is 10.1 Å². The fraction of sp³-hybridized carbons (Fsp3) is 0.421. The molecule has 1 amide bonds. The molecule has 0 aliphatic carbocycles. The van der Waals surface area contributed by atoms with Crippen molar-refractivity contribution >= 4 is 11.7 Å². The maximum atomic E-state index is 12.9. The summed E-state index contributed by atoms with van der Waals surface area (Å²) in [5.74, 6) is 2.40. The van der Waals surface area contributed by atoms with Gasteiger partial charge in [-0.05, 0) is 37.5 Å². The van der Waals surface area contributed by atoms with Crippen LogP contribution in [-0.4, -0.2) is 41.5 Å². The monoisotopic (exact) mass is 340 g/mol. The summed E-state index contributed by atoms with van der Waals surface area (Å²) in [5.41, 5.74) is 1.87. The number of carbonyl (C=O) groups is 1. The number of nitrogens with one attached hydrogen (secondary N) is 1. The molecule has 0 spiro atoms. The average molecular weight is 340 g/mol. The minimum absolute atomic E-state index is 0.0203. The van der Waals surface area contributed by atoms with Crippen LogP contribution in [0.4, 0.5) is 5.82 Å². The van der Waals surface area contributed by atoms with Crippen LogP contribution in [0.5, 0.6) is 5.75 Å². The highest BCUT2D eigenvalue weighted by Crippen LogP contribution is 2.32. The molecule has 0 radical (unpaired) electrons. The highest BCUT2D eigenvalue weighted by atomic mass is 16.5. The van der Waals surface area contributed by atoms with Gasteiger partial charge >= 0.3 is 0 Å². The van der Waals surface area contributed by atoms with Crippen molar-refractivity contribution in [1.82, 2.24) is 14.9 Å². The Hall–Kier alpha value is -2.63. The number of aromatic nitrogens is 2. The van der Waals surface area contributed by atoms with E-state index in [0.717, 1.165) is 42.2 Å². The number of methoxy groups -OCH3 is 1. The molecule has 132 valence electrons. The topological polar surface area (TPSA) is 67.4 Å². The van der Waals surface area contributed by atoms with Crippen LogP contribution in [0.2, 0.25) is 0 Å². The van der Waals surface area contributed by atoms with E-state index < -0.39 is 0 Å². The van der Waals surface area contributed by atoms with E-state index >= 15 is 0 Å². The fourth-order valence-corrected chi connectivity index (χ4v) is 3.32. The summed E-state index contributed by atoms with van der Waals surface area (Å²) in [6.45, 7) is 2.65. The second kappa shape index (κ2) is 7.51. The van der Waals surface area contributed by atoms with Gasteiger partial charge in [-0.15, -0.1) is 0 Å². The molecule has 3 rings (SSSR count). The second-order valence-corrected chi connectivity index (χ2v) is 6.25. The lowest BCUT2D eigenvalue weighted by atomic mass is 10.1. The predicted molar refractivity (Wildman–Crippen MR) is 96.7 cm³/mol. The Balaban J connectivity index is 1.78. The summed E-state index contributed by atoms with van der Waals surface area (Å²) in [7, 11) is 3.47. The minimum Gasteiger partial charge on any atom is -0.497 e. The molecule has 6 nitrogen and oxygen atoms in total. The molecule has 6 heteroatoms. The van der Waals surface area contributed by atoms with Crippen LogP contribution in [0.15, 0.2) is 30.3 Å². The molecule has 1 aromatic carbocycles. The van der Waals surface area contributed by atoms with E-state index in [1.807, 2.05) is 49.2 Å². The highest BCUT2D eigenvalue weighted by Gasteiger charge is 2.31. The molecule has 0 bridgehead atoms. The average Bonchev–Trinajstić information content (AvgIpc) is 3.11. The SMILES string of the molecule is CNc1cc([C@@H]2CCCN2C(=O)Cc2cccc(OC)c2)nc(C)n1. The van der Waals surface area contributed by atoms with Crippen molar-refractivity contribution in [2.24, 2.45) is 0 Å². The van der Waals surface area contributed by atoms with Crippen LogP contribution >= 0.6 is 0 Å². The molecule has 1 aliphatic heterocycles. The number of hydrogen-bond donors (Lipinski definition) is 1. The standard InChI is InChI=1S/C19H24N4O2/c1-13-21-16(12-18(20-2)22-13)17-8-5-9-23(17)19(24)11-14-6-4-7-15(10-14)25-3/h4,6-7,10,12,17H,5,8-9,11H2,1-3H3,(H,20,21,22)/t17-/m0/s1. The Labute approximate surface area is 148 Å². The summed E-state index contributed by atoms with van der Waals surface area (Å²) in [6.07, 6.45) is 2.30. The lowest BCUT2D eigenvalue weighted by Crippen LogP contribution is -2.32. The largest absolute Gasteiger partial charge is 0.497 e. The van der Waals surface area contributed by atoms with Crippen LogP contribution in [0.1, 0.15) is 36.0 Å². The molecule has 2 aromatic rings. The Morgan fingerprint density at radius 3 is 2.96 bits per heavy atom. The van der Waals surface area contributed by atoms with E-state index in [2.05, 4.69) is 15.3 Å². The van der Waals surface area contributed by atoms with Crippen LogP contribution in [0.25, 0.3) is 0 Å². The molecule has 1 fully saturated rings. The lowest BCUT2D eigenvalue weighted by Gasteiger charge is -2.25. The molecule has 1 saturated heterocycles. The van der Waals surface area contributed by atoms with Crippen molar-refractivity contribution in [2.45, 2.75) is 32.2 Å². The van der Waals surface area contributed by atoms with Gasteiger partial charge in [0.25, 0.3) is 0 Å². The first-order valence-electron chi connectivity index (χ1n) is 8.56. The van der Waals surface area contributed by atoms with E-state index in [9.17, 15) is 4.79 Å². The van der Waals surface area contributed by atoms with Gasteiger partial charge in [0.2, 0.25) is 5.91 Å². The molecule has 0 saturated carbocycles. The number of aryl methyl sites for hydroxylation is 1. The Kier molecular flexibility index (Phi) is 5.16. The normalized spacial score (nSPS) is 16.8. The van der Waals surface area contributed by atoms with Crippen LogP contribution in [0.3, 0.4) is 0 Å². The summed E-state index contributed by atoms with van der Waals surface area (Å²) in [6, 6.07) is 9.63. The van der Waals surface area contributed by atoms with Gasteiger partial charge in [0.15, 0.2) is 0 Å². The molecule has 2 heterocycles. The Morgan fingerprint density at radius 2 is 2.20 bits per heavy atom. The van der Waals surface area contributed by atoms with Gasteiger partial charge in [0, 0.05) is 19.7 Å².